The maximum atomic E-state index is 12.5. The summed E-state index contributed by atoms with van der Waals surface area (Å²) in [6, 6.07) is 7.69. The Morgan fingerprint density at radius 3 is 2.80 bits per heavy atom. The van der Waals surface area contributed by atoms with E-state index in [0.29, 0.717) is 30.6 Å². The van der Waals surface area contributed by atoms with Gasteiger partial charge in [-0.05, 0) is 32.9 Å². The van der Waals surface area contributed by atoms with Gasteiger partial charge < -0.3 is 19.1 Å². The molecule has 1 unspecified atom stereocenters. The van der Waals surface area contributed by atoms with Crippen molar-refractivity contribution < 1.29 is 14.1 Å². The highest BCUT2D eigenvalue weighted by atomic mass is 16.5. The second-order valence-corrected chi connectivity index (χ2v) is 6.07. The number of carbonyl (C=O) groups is 1. The average Bonchev–Trinajstić information content (AvgIpc) is 3.25. The smallest absolute Gasteiger partial charge is 0.320 e. The second-order valence-electron chi connectivity index (χ2n) is 6.07. The largest absolute Gasteiger partial charge is 0.488 e. The Morgan fingerprint density at radius 1 is 1.36 bits per heavy atom. The monoisotopic (exact) mass is 344 g/mol. The summed E-state index contributed by atoms with van der Waals surface area (Å²) in [5, 5.41) is 3.84. The van der Waals surface area contributed by atoms with Gasteiger partial charge in [-0.1, -0.05) is 17.3 Å². The third-order valence-corrected chi connectivity index (χ3v) is 4.39. The number of ether oxygens (including phenoxy) is 1. The van der Waals surface area contributed by atoms with Crippen LogP contribution in [0.5, 0.6) is 5.75 Å². The lowest BCUT2D eigenvalue weighted by Gasteiger charge is -2.26. The number of aromatic nitrogens is 2. The molecule has 3 rings (SSSR count). The summed E-state index contributed by atoms with van der Waals surface area (Å²) in [6.07, 6.45) is 0.772. The second kappa shape index (κ2) is 7.55. The number of aryl methyl sites for hydroxylation is 1. The molecule has 0 radical (unpaired) electrons. The van der Waals surface area contributed by atoms with Gasteiger partial charge in [0.2, 0.25) is 0 Å². The van der Waals surface area contributed by atoms with Gasteiger partial charge in [0.1, 0.15) is 11.9 Å². The van der Waals surface area contributed by atoms with Crippen molar-refractivity contribution in [2.24, 2.45) is 0 Å². The number of nitrogens with zero attached hydrogens (tertiary/aromatic N) is 4. The summed E-state index contributed by atoms with van der Waals surface area (Å²) in [5.74, 6) is 1.73. The third kappa shape index (κ3) is 3.75. The van der Waals surface area contributed by atoms with Crippen LogP contribution in [0.3, 0.4) is 0 Å². The zero-order chi connectivity index (χ0) is 17.8. The minimum absolute atomic E-state index is 0.0373. The molecule has 25 heavy (non-hydrogen) atoms. The maximum Gasteiger partial charge on any atom is 0.320 e. The fourth-order valence-electron chi connectivity index (χ4n) is 3.02. The first-order chi connectivity index (χ1) is 12.1. The number of likely N-dealkylation sites (tertiary alicyclic amines) is 1. The minimum Gasteiger partial charge on any atom is -0.488 e. The minimum atomic E-state index is -0.0373. The molecule has 0 aliphatic carbocycles. The number of benzene rings is 1. The lowest BCUT2D eigenvalue weighted by molar-refractivity contribution is 0.156. The quantitative estimate of drug-likeness (QED) is 0.834. The third-order valence-electron chi connectivity index (χ3n) is 4.39. The molecule has 0 bridgehead atoms. The molecule has 1 aliphatic rings. The Bertz CT molecular complexity index is 727. The number of urea groups is 1. The molecule has 7 nitrogen and oxygen atoms in total. The molecular weight excluding hydrogens is 320 g/mol. The van der Waals surface area contributed by atoms with Crippen LogP contribution in [-0.2, 0) is 0 Å². The van der Waals surface area contributed by atoms with Gasteiger partial charge >= 0.3 is 6.03 Å². The molecular formula is C18H24N4O3. The van der Waals surface area contributed by atoms with Crippen LogP contribution in [0.4, 0.5) is 4.79 Å². The number of carbonyl (C=O) groups excluding carboxylic acids is 1. The van der Waals surface area contributed by atoms with E-state index in [-0.39, 0.29) is 12.1 Å². The lowest BCUT2D eigenvalue weighted by Crippen LogP contribution is -2.42. The Balaban J connectivity index is 1.69. The highest BCUT2D eigenvalue weighted by molar-refractivity contribution is 5.74. The van der Waals surface area contributed by atoms with Crippen LogP contribution in [0.1, 0.15) is 26.1 Å². The summed E-state index contributed by atoms with van der Waals surface area (Å²) >= 11 is 0. The molecule has 7 heteroatoms. The Hall–Kier alpha value is -2.57. The molecule has 1 aromatic heterocycles. The number of hydrogen-bond acceptors (Lipinski definition) is 5. The van der Waals surface area contributed by atoms with E-state index in [1.165, 1.54) is 0 Å². The lowest BCUT2D eigenvalue weighted by atomic mass is 10.2. The van der Waals surface area contributed by atoms with Gasteiger partial charge in [-0.3, -0.25) is 0 Å². The highest BCUT2D eigenvalue weighted by Crippen LogP contribution is 2.30. The Morgan fingerprint density at radius 2 is 2.12 bits per heavy atom. The number of para-hydroxylation sites is 1. The first-order valence-corrected chi connectivity index (χ1v) is 8.72. The van der Waals surface area contributed by atoms with E-state index in [2.05, 4.69) is 10.1 Å². The zero-order valence-corrected chi connectivity index (χ0v) is 14.9. The van der Waals surface area contributed by atoms with Crippen molar-refractivity contribution in [1.82, 2.24) is 19.9 Å². The molecule has 1 aliphatic heterocycles. The van der Waals surface area contributed by atoms with Crippen molar-refractivity contribution in [3.63, 3.8) is 0 Å². The molecule has 0 saturated carbocycles. The fourth-order valence-corrected chi connectivity index (χ4v) is 3.02. The van der Waals surface area contributed by atoms with Crippen molar-refractivity contribution in [3.8, 4) is 17.2 Å². The molecule has 2 heterocycles. The van der Waals surface area contributed by atoms with E-state index >= 15 is 0 Å². The van der Waals surface area contributed by atoms with Crippen LogP contribution in [0.2, 0.25) is 0 Å². The molecule has 0 N–H and O–H groups in total. The van der Waals surface area contributed by atoms with Crippen molar-refractivity contribution in [3.05, 3.63) is 30.1 Å². The summed E-state index contributed by atoms with van der Waals surface area (Å²) < 4.78 is 11.4. The van der Waals surface area contributed by atoms with Crippen LogP contribution in [0.25, 0.3) is 11.5 Å². The number of rotatable bonds is 5. The molecule has 1 fully saturated rings. The first kappa shape index (κ1) is 17.3. The van der Waals surface area contributed by atoms with Gasteiger partial charge in [-0.2, -0.15) is 4.98 Å². The Labute approximate surface area is 147 Å². The average molecular weight is 344 g/mol. The normalized spacial score (nSPS) is 16.9. The van der Waals surface area contributed by atoms with Gasteiger partial charge in [-0.15, -0.1) is 0 Å². The van der Waals surface area contributed by atoms with Crippen LogP contribution in [0, 0.1) is 6.92 Å². The van der Waals surface area contributed by atoms with Crippen molar-refractivity contribution >= 4 is 6.03 Å². The van der Waals surface area contributed by atoms with Gasteiger partial charge in [0, 0.05) is 26.1 Å². The standard InChI is InChI=1S/C18H24N4O3/c1-4-21(5-2)18(23)22-11-10-14(12-22)24-16-9-7-6-8-15(16)17-19-13(3)20-25-17/h6-9,14H,4-5,10-12H2,1-3H3. The predicted octanol–water partition coefficient (Wildman–Crippen LogP) is 2.96. The van der Waals surface area contributed by atoms with Crippen molar-refractivity contribution in [1.29, 1.82) is 0 Å². The molecule has 1 saturated heterocycles. The van der Waals surface area contributed by atoms with E-state index in [4.69, 9.17) is 9.26 Å². The number of hydrogen-bond donors (Lipinski definition) is 0. The van der Waals surface area contributed by atoms with E-state index in [1.807, 2.05) is 47.9 Å². The van der Waals surface area contributed by atoms with Gasteiger partial charge in [0.05, 0.1) is 12.1 Å². The molecule has 2 aromatic rings. The molecule has 0 spiro atoms. The van der Waals surface area contributed by atoms with Crippen LogP contribution in [-0.4, -0.2) is 58.3 Å². The summed E-state index contributed by atoms with van der Waals surface area (Å²) in [5.41, 5.74) is 0.775. The summed E-state index contributed by atoms with van der Waals surface area (Å²) in [4.78, 5) is 20.4. The summed E-state index contributed by atoms with van der Waals surface area (Å²) in [6.45, 7) is 8.51. The number of amides is 2. The van der Waals surface area contributed by atoms with Crippen molar-refractivity contribution in [2.45, 2.75) is 33.3 Å². The fraction of sp³-hybridized carbons (Fsp3) is 0.500. The Kier molecular flexibility index (Phi) is 5.21. The van der Waals surface area contributed by atoms with E-state index < -0.39 is 0 Å². The molecule has 2 amide bonds. The SMILES string of the molecule is CCN(CC)C(=O)N1CCC(Oc2ccccc2-c2nc(C)no2)C1. The highest BCUT2D eigenvalue weighted by Gasteiger charge is 2.30. The maximum absolute atomic E-state index is 12.5. The van der Waals surface area contributed by atoms with E-state index in [0.717, 1.165) is 25.1 Å². The van der Waals surface area contributed by atoms with Crippen LogP contribution < -0.4 is 4.74 Å². The van der Waals surface area contributed by atoms with Gasteiger partial charge in [-0.25, -0.2) is 4.79 Å². The van der Waals surface area contributed by atoms with Crippen molar-refractivity contribution in [2.75, 3.05) is 26.2 Å². The van der Waals surface area contributed by atoms with Gasteiger partial charge in [0.25, 0.3) is 5.89 Å². The summed E-state index contributed by atoms with van der Waals surface area (Å²) in [7, 11) is 0. The molecule has 1 atom stereocenters. The van der Waals surface area contributed by atoms with Gasteiger partial charge in [0.15, 0.2) is 5.82 Å². The van der Waals surface area contributed by atoms with Crippen LogP contribution in [0.15, 0.2) is 28.8 Å². The zero-order valence-electron chi connectivity index (χ0n) is 14.9. The molecule has 134 valence electrons. The van der Waals surface area contributed by atoms with E-state index in [1.54, 1.807) is 6.92 Å². The topological polar surface area (TPSA) is 71.7 Å². The van der Waals surface area contributed by atoms with Crippen LogP contribution >= 0.6 is 0 Å². The molecule has 1 aromatic carbocycles. The predicted molar refractivity (Wildman–Crippen MR) is 93.4 cm³/mol. The van der Waals surface area contributed by atoms with E-state index in [9.17, 15) is 4.79 Å². The first-order valence-electron chi connectivity index (χ1n) is 8.72.